The average molecular weight is 739 g/mol. The highest BCUT2D eigenvalue weighted by Crippen LogP contribution is 2.61. The molecule has 13 rings (SSSR count). The van der Waals surface area contributed by atoms with Crippen molar-refractivity contribution in [2.75, 3.05) is 4.90 Å². The Morgan fingerprint density at radius 1 is 0.379 bits per heavy atom. The fraction of sp³-hybridized carbons (Fsp3) is 0.0182. The maximum Gasteiger partial charge on any atom is 0.135 e. The highest BCUT2D eigenvalue weighted by atomic mass is 16.3. The maximum atomic E-state index is 6.14. The predicted molar refractivity (Wildman–Crippen MR) is 239 cm³/mol. The Morgan fingerprint density at radius 3 is 1.91 bits per heavy atom. The summed E-state index contributed by atoms with van der Waals surface area (Å²) in [6, 6.07) is 75.6. The van der Waals surface area contributed by atoms with E-state index in [0.29, 0.717) is 0 Å². The van der Waals surface area contributed by atoms with Gasteiger partial charge in [0.1, 0.15) is 11.2 Å². The molecule has 2 aromatic heterocycles. The SMILES string of the molecule is c1ccc(N(c2ccc(-c3ccc4oc5ccccc5c4c3)cc2)c2ccc3c(c2)C2(c4ccccc4-3)c3ccccc3-n3c4ccccc4c4cccc2c43)cc1. The van der Waals surface area contributed by atoms with Crippen LogP contribution in [0.3, 0.4) is 0 Å². The lowest BCUT2D eigenvalue weighted by atomic mass is 9.65. The summed E-state index contributed by atoms with van der Waals surface area (Å²) in [5, 5.41) is 4.84. The van der Waals surface area contributed by atoms with E-state index in [9.17, 15) is 0 Å². The maximum absolute atomic E-state index is 6.14. The van der Waals surface area contributed by atoms with Crippen molar-refractivity contribution in [3.8, 4) is 27.9 Å². The first kappa shape index (κ1) is 31.6. The Kier molecular flexibility index (Phi) is 6.37. The average Bonchev–Trinajstić information content (AvgIpc) is 3.93. The van der Waals surface area contributed by atoms with Crippen LogP contribution < -0.4 is 4.90 Å². The smallest absolute Gasteiger partial charge is 0.135 e. The van der Waals surface area contributed by atoms with Crippen molar-refractivity contribution in [1.29, 1.82) is 0 Å². The number of hydrogen-bond acceptors (Lipinski definition) is 2. The molecule has 0 saturated heterocycles. The molecule has 0 radical (unpaired) electrons. The van der Waals surface area contributed by atoms with E-state index in [1.807, 2.05) is 12.1 Å². The zero-order valence-corrected chi connectivity index (χ0v) is 31.4. The summed E-state index contributed by atoms with van der Waals surface area (Å²) < 4.78 is 8.65. The van der Waals surface area contributed by atoms with Gasteiger partial charge >= 0.3 is 0 Å². The molecular formula is C55H34N2O. The summed E-state index contributed by atoms with van der Waals surface area (Å²) in [6.45, 7) is 0. The number of anilines is 3. The van der Waals surface area contributed by atoms with Crippen molar-refractivity contribution in [2.24, 2.45) is 0 Å². The Morgan fingerprint density at radius 2 is 1.02 bits per heavy atom. The minimum absolute atomic E-state index is 0.523. The molecule has 3 nitrogen and oxygen atoms in total. The largest absolute Gasteiger partial charge is 0.456 e. The number of furan rings is 1. The lowest BCUT2D eigenvalue weighted by molar-refractivity contribution is 0.669. The van der Waals surface area contributed by atoms with Crippen LogP contribution in [0.2, 0.25) is 0 Å². The molecule has 11 aromatic rings. The molecule has 1 atom stereocenters. The van der Waals surface area contributed by atoms with Crippen LogP contribution >= 0.6 is 0 Å². The second-order valence-corrected chi connectivity index (χ2v) is 15.6. The lowest BCUT2D eigenvalue weighted by Gasteiger charge is -2.40. The first-order valence-electron chi connectivity index (χ1n) is 20.0. The minimum atomic E-state index is -0.523. The van der Waals surface area contributed by atoms with Crippen molar-refractivity contribution in [3.05, 3.63) is 229 Å². The number of nitrogens with zero attached hydrogens (tertiary/aromatic N) is 2. The zero-order valence-electron chi connectivity index (χ0n) is 31.4. The monoisotopic (exact) mass is 738 g/mol. The molecule has 0 fully saturated rings. The Hall–Kier alpha value is -7.62. The van der Waals surface area contributed by atoms with Crippen LogP contribution in [0.25, 0.3) is 71.7 Å². The summed E-state index contributed by atoms with van der Waals surface area (Å²) in [5.74, 6) is 0. The Balaban J connectivity index is 1.03. The number of rotatable bonds is 4. The summed E-state index contributed by atoms with van der Waals surface area (Å²) in [7, 11) is 0. The van der Waals surface area contributed by atoms with E-state index in [1.54, 1.807) is 0 Å². The third-order valence-electron chi connectivity index (χ3n) is 12.8. The fourth-order valence-corrected chi connectivity index (χ4v) is 10.4. The molecule has 1 aliphatic heterocycles. The van der Waals surface area contributed by atoms with Crippen LogP contribution in [-0.2, 0) is 5.41 Å². The molecule has 2 aliphatic rings. The molecule has 0 N–H and O–H groups in total. The molecule has 1 unspecified atom stereocenters. The summed E-state index contributed by atoms with van der Waals surface area (Å²) in [5.41, 5.74) is 18.5. The van der Waals surface area contributed by atoms with Gasteiger partial charge in [0.25, 0.3) is 0 Å². The third kappa shape index (κ3) is 4.12. The number of hydrogen-bond donors (Lipinski definition) is 0. The van der Waals surface area contributed by atoms with Crippen molar-refractivity contribution >= 4 is 60.8 Å². The van der Waals surface area contributed by atoms with E-state index in [0.717, 1.165) is 50.1 Å². The molecule has 3 heteroatoms. The quantitative estimate of drug-likeness (QED) is 0.179. The van der Waals surface area contributed by atoms with Gasteiger partial charge in [0.2, 0.25) is 0 Å². The highest BCUT2D eigenvalue weighted by molar-refractivity contribution is 6.13. The molecule has 3 heterocycles. The topological polar surface area (TPSA) is 21.3 Å². The molecule has 1 spiro atoms. The van der Waals surface area contributed by atoms with Gasteiger partial charge in [-0.1, -0.05) is 140 Å². The number of para-hydroxylation sites is 5. The zero-order chi connectivity index (χ0) is 38.0. The summed E-state index contributed by atoms with van der Waals surface area (Å²) in [6.07, 6.45) is 0. The van der Waals surface area contributed by atoms with Crippen LogP contribution in [0.1, 0.15) is 22.3 Å². The molecule has 270 valence electrons. The Bertz CT molecular complexity index is 3460. The first-order valence-corrected chi connectivity index (χ1v) is 20.0. The molecule has 9 aromatic carbocycles. The van der Waals surface area contributed by atoms with E-state index < -0.39 is 5.41 Å². The summed E-state index contributed by atoms with van der Waals surface area (Å²) in [4.78, 5) is 2.40. The van der Waals surface area contributed by atoms with Gasteiger partial charge in [0.05, 0.1) is 22.1 Å². The van der Waals surface area contributed by atoms with Crippen molar-refractivity contribution in [2.45, 2.75) is 5.41 Å². The molecule has 0 amide bonds. The first-order chi connectivity index (χ1) is 28.8. The van der Waals surface area contributed by atoms with Crippen molar-refractivity contribution in [3.63, 3.8) is 0 Å². The van der Waals surface area contributed by atoms with Gasteiger partial charge < -0.3 is 13.9 Å². The second-order valence-electron chi connectivity index (χ2n) is 15.6. The van der Waals surface area contributed by atoms with Crippen LogP contribution in [-0.4, -0.2) is 4.57 Å². The summed E-state index contributed by atoms with van der Waals surface area (Å²) >= 11 is 0. The van der Waals surface area contributed by atoms with Crippen molar-refractivity contribution < 1.29 is 4.42 Å². The van der Waals surface area contributed by atoms with Gasteiger partial charge in [-0.3, -0.25) is 0 Å². The van der Waals surface area contributed by atoms with Crippen LogP contribution in [0.5, 0.6) is 0 Å². The fourth-order valence-electron chi connectivity index (χ4n) is 10.4. The third-order valence-corrected chi connectivity index (χ3v) is 12.8. The van der Waals surface area contributed by atoms with Gasteiger partial charge in [0, 0.05) is 38.6 Å². The minimum Gasteiger partial charge on any atom is -0.456 e. The van der Waals surface area contributed by atoms with Crippen LogP contribution in [0, 0.1) is 0 Å². The standard InChI is InChI=1S/C55H34N2O/c1-2-13-37(14-3-1)56(38-28-25-35(26-29-38)36-27-32-53-45(33-36)43-17-6-11-24-52(43)58-53)39-30-31-41-40-15-4-7-19-46(40)55(49(41)34-39)47-20-8-10-23-51(47)57-50-22-9-5-16-42(50)44-18-12-21-48(55)54(44)57/h1-34H. The highest BCUT2D eigenvalue weighted by Gasteiger charge is 2.51. The van der Waals surface area contributed by atoms with E-state index in [-0.39, 0.29) is 0 Å². The van der Waals surface area contributed by atoms with Gasteiger partial charge in [0.15, 0.2) is 0 Å². The van der Waals surface area contributed by atoms with Crippen LogP contribution in [0.4, 0.5) is 17.1 Å². The number of fused-ring (bicyclic) bond motifs is 15. The Labute approximate surface area is 335 Å². The van der Waals surface area contributed by atoms with Gasteiger partial charge in [-0.25, -0.2) is 0 Å². The van der Waals surface area contributed by atoms with E-state index in [4.69, 9.17) is 4.42 Å². The van der Waals surface area contributed by atoms with Gasteiger partial charge in [-0.2, -0.15) is 0 Å². The number of aromatic nitrogens is 1. The van der Waals surface area contributed by atoms with Gasteiger partial charge in [-0.15, -0.1) is 0 Å². The van der Waals surface area contributed by atoms with Crippen molar-refractivity contribution in [1.82, 2.24) is 4.57 Å². The normalized spacial score (nSPS) is 15.0. The molecule has 0 bridgehead atoms. The van der Waals surface area contributed by atoms with Crippen LogP contribution in [0.15, 0.2) is 211 Å². The number of benzene rings is 9. The van der Waals surface area contributed by atoms with E-state index in [1.165, 1.54) is 60.9 Å². The molecule has 1 aliphatic carbocycles. The predicted octanol–water partition coefficient (Wildman–Crippen LogP) is 14.5. The second kappa shape index (κ2) is 11.7. The van der Waals surface area contributed by atoms with E-state index in [2.05, 4.69) is 204 Å². The van der Waals surface area contributed by atoms with Gasteiger partial charge in [-0.05, 0) is 111 Å². The molecule has 58 heavy (non-hydrogen) atoms. The molecule has 0 saturated carbocycles. The lowest BCUT2D eigenvalue weighted by Crippen LogP contribution is -2.33. The molecular weight excluding hydrogens is 705 g/mol. The van der Waals surface area contributed by atoms with E-state index >= 15 is 0 Å².